The fraction of sp³-hybridized carbons (Fsp3) is 0.200. The van der Waals surface area contributed by atoms with Crippen molar-refractivity contribution in [1.82, 2.24) is 15.3 Å². The molecule has 1 aromatic heterocycles. The normalized spacial score (nSPS) is 13.6. The summed E-state index contributed by atoms with van der Waals surface area (Å²) in [7, 11) is 0. The van der Waals surface area contributed by atoms with Crippen LogP contribution in [0.5, 0.6) is 5.75 Å². The molecule has 0 radical (unpaired) electrons. The highest BCUT2D eigenvalue weighted by molar-refractivity contribution is 5.78. The fourth-order valence-corrected chi connectivity index (χ4v) is 3.95. The molecule has 1 aliphatic heterocycles. The van der Waals surface area contributed by atoms with E-state index in [1.807, 2.05) is 66.7 Å². The van der Waals surface area contributed by atoms with Crippen LogP contribution >= 0.6 is 0 Å². The van der Waals surface area contributed by atoms with Crippen molar-refractivity contribution in [2.45, 2.75) is 25.3 Å². The van der Waals surface area contributed by atoms with E-state index in [4.69, 9.17) is 9.72 Å². The Bertz CT molecular complexity index is 1150. The topological polar surface area (TPSA) is 67.0 Å². The van der Waals surface area contributed by atoms with Gasteiger partial charge in [0.15, 0.2) is 0 Å². The minimum Gasteiger partial charge on any atom is -0.493 e. The molecular formula is C25H23N3O2. The quantitative estimate of drug-likeness (QED) is 0.509. The van der Waals surface area contributed by atoms with Gasteiger partial charge in [-0.1, -0.05) is 54.6 Å². The number of H-pyrrole nitrogens is 1. The van der Waals surface area contributed by atoms with Crippen molar-refractivity contribution >= 4 is 16.9 Å². The number of rotatable bonds is 6. The Kier molecular flexibility index (Phi) is 4.93. The van der Waals surface area contributed by atoms with Crippen molar-refractivity contribution in [3.05, 3.63) is 95.3 Å². The smallest absolute Gasteiger partial charge is 0.221 e. The van der Waals surface area contributed by atoms with Crippen molar-refractivity contribution in [3.8, 4) is 5.75 Å². The molecule has 0 fully saturated rings. The number of fused-ring (bicyclic) bond motifs is 2. The van der Waals surface area contributed by atoms with Crippen LogP contribution in [0.3, 0.4) is 0 Å². The first-order valence-electron chi connectivity index (χ1n) is 10.3. The van der Waals surface area contributed by atoms with Gasteiger partial charge in [0, 0.05) is 12.8 Å². The van der Waals surface area contributed by atoms with Gasteiger partial charge < -0.3 is 15.0 Å². The van der Waals surface area contributed by atoms with Crippen LogP contribution in [0.15, 0.2) is 72.8 Å². The minimum absolute atomic E-state index is 0.000979. The van der Waals surface area contributed by atoms with Gasteiger partial charge in [-0.3, -0.25) is 4.79 Å². The molecule has 0 unspecified atom stereocenters. The van der Waals surface area contributed by atoms with Crippen molar-refractivity contribution in [2.75, 3.05) is 6.61 Å². The van der Waals surface area contributed by atoms with Gasteiger partial charge in [-0.2, -0.15) is 0 Å². The fourth-order valence-electron chi connectivity index (χ4n) is 3.95. The van der Waals surface area contributed by atoms with Gasteiger partial charge in [-0.25, -0.2) is 4.98 Å². The average Bonchev–Trinajstić information content (AvgIpc) is 3.43. The molecule has 1 aliphatic rings. The maximum absolute atomic E-state index is 12.8. The monoisotopic (exact) mass is 397 g/mol. The van der Waals surface area contributed by atoms with Crippen LogP contribution < -0.4 is 10.1 Å². The van der Waals surface area contributed by atoms with E-state index in [1.165, 1.54) is 5.56 Å². The van der Waals surface area contributed by atoms with Crippen LogP contribution in [0.25, 0.3) is 11.0 Å². The summed E-state index contributed by atoms with van der Waals surface area (Å²) < 4.78 is 5.56. The molecule has 2 heterocycles. The van der Waals surface area contributed by atoms with E-state index in [9.17, 15) is 4.79 Å². The largest absolute Gasteiger partial charge is 0.493 e. The lowest BCUT2D eigenvalue weighted by atomic mass is 10.0. The van der Waals surface area contributed by atoms with Crippen LogP contribution in [0.2, 0.25) is 0 Å². The summed E-state index contributed by atoms with van der Waals surface area (Å²) in [6.07, 6.45) is 2.06. The zero-order valence-electron chi connectivity index (χ0n) is 16.6. The number of benzene rings is 3. The second-order valence-electron chi connectivity index (χ2n) is 7.59. The number of aryl methyl sites for hydroxylation is 1. The number of amides is 1. The molecule has 0 bridgehead atoms. The third-order valence-corrected chi connectivity index (χ3v) is 5.51. The number of nitrogens with one attached hydrogen (secondary N) is 2. The summed E-state index contributed by atoms with van der Waals surface area (Å²) in [6.45, 7) is 0.746. The standard InChI is InChI=1S/C25H23N3O2/c29-23(13-11-17-10-12-22-19(16-17)14-15-30-22)28-24(18-6-2-1-3-7-18)25-26-20-8-4-5-9-21(20)27-25/h1-10,12,16,24H,11,13-15H2,(H,26,27)(H,28,29)/t24-/m0/s1. The molecule has 1 atom stereocenters. The summed E-state index contributed by atoms with van der Waals surface area (Å²) in [5.41, 5.74) is 5.25. The maximum Gasteiger partial charge on any atom is 0.221 e. The number of hydrogen-bond acceptors (Lipinski definition) is 3. The summed E-state index contributed by atoms with van der Waals surface area (Å²) in [5.74, 6) is 1.71. The van der Waals surface area contributed by atoms with Crippen LogP contribution in [-0.2, 0) is 17.6 Å². The molecule has 1 amide bonds. The number of para-hydroxylation sites is 2. The van der Waals surface area contributed by atoms with E-state index >= 15 is 0 Å². The molecular weight excluding hydrogens is 374 g/mol. The van der Waals surface area contributed by atoms with Gasteiger partial charge in [0.05, 0.1) is 17.6 Å². The van der Waals surface area contributed by atoms with E-state index in [2.05, 4.69) is 16.4 Å². The Labute approximate surface area is 175 Å². The molecule has 0 aliphatic carbocycles. The van der Waals surface area contributed by atoms with Crippen molar-refractivity contribution < 1.29 is 9.53 Å². The second-order valence-corrected chi connectivity index (χ2v) is 7.59. The molecule has 5 heteroatoms. The minimum atomic E-state index is -0.320. The first-order valence-corrected chi connectivity index (χ1v) is 10.3. The molecule has 0 saturated carbocycles. The predicted octanol–water partition coefficient (Wildman–Crippen LogP) is 4.34. The van der Waals surface area contributed by atoms with Crippen molar-refractivity contribution in [1.29, 1.82) is 0 Å². The number of imidazole rings is 1. The first-order chi connectivity index (χ1) is 14.8. The zero-order valence-corrected chi connectivity index (χ0v) is 16.6. The number of ether oxygens (including phenoxy) is 1. The highest BCUT2D eigenvalue weighted by atomic mass is 16.5. The zero-order chi connectivity index (χ0) is 20.3. The van der Waals surface area contributed by atoms with Gasteiger partial charge in [0.2, 0.25) is 5.91 Å². The van der Waals surface area contributed by atoms with E-state index in [0.29, 0.717) is 12.8 Å². The number of carbonyl (C=O) groups is 1. The van der Waals surface area contributed by atoms with Crippen LogP contribution in [0.4, 0.5) is 0 Å². The van der Waals surface area contributed by atoms with Crippen molar-refractivity contribution in [3.63, 3.8) is 0 Å². The third-order valence-electron chi connectivity index (χ3n) is 5.51. The molecule has 0 spiro atoms. The Morgan fingerprint density at radius 1 is 1.07 bits per heavy atom. The van der Waals surface area contributed by atoms with Crippen LogP contribution in [0.1, 0.15) is 35.0 Å². The summed E-state index contributed by atoms with van der Waals surface area (Å²) >= 11 is 0. The van der Waals surface area contributed by atoms with E-state index in [1.54, 1.807) is 0 Å². The van der Waals surface area contributed by atoms with Gasteiger partial charge in [-0.15, -0.1) is 0 Å². The maximum atomic E-state index is 12.8. The van der Waals surface area contributed by atoms with Crippen molar-refractivity contribution in [2.24, 2.45) is 0 Å². The SMILES string of the molecule is O=C(CCc1ccc2c(c1)CCO2)N[C@@H](c1ccccc1)c1nc2ccccc2[nH]1. The Morgan fingerprint density at radius 2 is 1.90 bits per heavy atom. The van der Waals surface area contributed by atoms with E-state index < -0.39 is 0 Å². The molecule has 5 nitrogen and oxygen atoms in total. The van der Waals surface area contributed by atoms with Gasteiger partial charge in [0.25, 0.3) is 0 Å². The van der Waals surface area contributed by atoms with E-state index in [-0.39, 0.29) is 11.9 Å². The predicted molar refractivity (Wildman–Crippen MR) is 116 cm³/mol. The molecule has 2 N–H and O–H groups in total. The summed E-state index contributed by atoms with van der Waals surface area (Å²) in [4.78, 5) is 20.9. The number of aromatic amines is 1. The van der Waals surface area contributed by atoms with Crippen LogP contribution in [0, 0.1) is 0 Å². The van der Waals surface area contributed by atoms with Gasteiger partial charge in [0.1, 0.15) is 17.6 Å². The lowest BCUT2D eigenvalue weighted by molar-refractivity contribution is -0.121. The Hall–Kier alpha value is -3.60. The van der Waals surface area contributed by atoms with E-state index in [0.717, 1.165) is 46.8 Å². The third kappa shape index (κ3) is 3.79. The molecule has 4 aromatic rings. The van der Waals surface area contributed by atoms with Crippen LogP contribution in [-0.4, -0.2) is 22.5 Å². The average molecular weight is 397 g/mol. The highest BCUT2D eigenvalue weighted by Crippen LogP contribution is 2.27. The highest BCUT2D eigenvalue weighted by Gasteiger charge is 2.20. The summed E-state index contributed by atoms with van der Waals surface area (Å²) in [5, 5.41) is 3.18. The Morgan fingerprint density at radius 3 is 2.77 bits per heavy atom. The first kappa shape index (κ1) is 18.4. The lowest BCUT2D eigenvalue weighted by Gasteiger charge is -2.17. The van der Waals surface area contributed by atoms with Gasteiger partial charge in [-0.05, 0) is 41.3 Å². The molecule has 30 heavy (non-hydrogen) atoms. The number of nitrogens with zero attached hydrogens (tertiary/aromatic N) is 1. The number of carbonyl (C=O) groups excluding carboxylic acids is 1. The number of aromatic nitrogens is 2. The van der Waals surface area contributed by atoms with Gasteiger partial charge >= 0.3 is 0 Å². The Balaban J connectivity index is 1.33. The summed E-state index contributed by atoms with van der Waals surface area (Å²) in [6, 6.07) is 23.7. The number of hydrogen-bond donors (Lipinski definition) is 2. The second kappa shape index (κ2) is 8.03. The molecule has 150 valence electrons. The molecule has 5 rings (SSSR count). The lowest BCUT2D eigenvalue weighted by Crippen LogP contribution is -2.30. The molecule has 0 saturated heterocycles. The molecule has 3 aromatic carbocycles.